The molecule has 0 amide bonds. The maximum absolute atomic E-state index is 12.9. The quantitative estimate of drug-likeness (QED) is 0.852. The summed E-state index contributed by atoms with van der Waals surface area (Å²) in [4.78, 5) is 0. The molecule has 2 rings (SSSR count). The van der Waals surface area contributed by atoms with Gasteiger partial charge in [0.2, 0.25) is 0 Å². The van der Waals surface area contributed by atoms with Crippen LogP contribution in [-0.2, 0) is 11.8 Å². The van der Waals surface area contributed by atoms with E-state index in [0.717, 1.165) is 0 Å². The van der Waals surface area contributed by atoms with Crippen molar-refractivity contribution in [3.63, 3.8) is 0 Å². The standard InChI is InChI=1S/C14H15FO3/c15-12-5-3-11(4-6-12)14(9-16,10-17)8-13-2-1-7-18-13/h1-7,16-17H,8-10H2. The Morgan fingerprint density at radius 3 is 2.22 bits per heavy atom. The SMILES string of the molecule is OCC(CO)(Cc1ccco1)c1ccc(F)cc1. The van der Waals surface area contributed by atoms with E-state index in [-0.39, 0.29) is 19.0 Å². The van der Waals surface area contributed by atoms with Crippen LogP contribution in [0.25, 0.3) is 0 Å². The fourth-order valence-corrected chi connectivity index (χ4v) is 2.00. The summed E-state index contributed by atoms with van der Waals surface area (Å²) in [5.41, 5.74) is -0.170. The highest BCUT2D eigenvalue weighted by Crippen LogP contribution is 2.28. The van der Waals surface area contributed by atoms with E-state index >= 15 is 0 Å². The first kappa shape index (κ1) is 12.8. The molecule has 4 heteroatoms. The summed E-state index contributed by atoms with van der Waals surface area (Å²) in [6.07, 6.45) is 1.90. The number of aliphatic hydroxyl groups excluding tert-OH is 2. The minimum atomic E-state index is -0.856. The molecule has 2 aromatic rings. The Bertz CT molecular complexity index is 472. The van der Waals surface area contributed by atoms with E-state index in [9.17, 15) is 14.6 Å². The van der Waals surface area contributed by atoms with E-state index in [2.05, 4.69) is 0 Å². The van der Waals surface area contributed by atoms with Crippen molar-refractivity contribution in [3.8, 4) is 0 Å². The van der Waals surface area contributed by atoms with Crippen LogP contribution in [0.4, 0.5) is 4.39 Å². The van der Waals surface area contributed by atoms with Crippen molar-refractivity contribution in [3.05, 3.63) is 59.8 Å². The smallest absolute Gasteiger partial charge is 0.123 e. The molecule has 18 heavy (non-hydrogen) atoms. The number of rotatable bonds is 5. The average molecular weight is 250 g/mol. The zero-order valence-electron chi connectivity index (χ0n) is 9.84. The van der Waals surface area contributed by atoms with Crippen LogP contribution in [0.3, 0.4) is 0 Å². The highest BCUT2D eigenvalue weighted by molar-refractivity contribution is 5.28. The van der Waals surface area contributed by atoms with Crippen LogP contribution in [0.2, 0.25) is 0 Å². The molecule has 1 aromatic carbocycles. The lowest BCUT2D eigenvalue weighted by atomic mass is 9.78. The topological polar surface area (TPSA) is 53.6 Å². The maximum atomic E-state index is 12.9. The van der Waals surface area contributed by atoms with E-state index in [1.807, 2.05) is 0 Å². The van der Waals surface area contributed by atoms with Crippen molar-refractivity contribution in [1.82, 2.24) is 0 Å². The summed E-state index contributed by atoms with van der Waals surface area (Å²) < 4.78 is 18.2. The zero-order valence-corrected chi connectivity index (χ0v) is 9.84. The third-order valence-electron chi connectivity index (χ3n) is 3.15. The summed E-state index contributed by atoms with van der Waals surface area (Å²) in [6, 6.07) is 9.31. The van der Waals surface area contributed by atoms with Gasteiger partial charge in [0, 0.05) is 11.8 Å². The van der Waals surface area contributed by atoms with Gasteiger partial charge in [-0.3, -0.25) is 0 Å². The predicted molar refractivity (Wildman–Crippen MR) is 64.7 cm³/mol. The van der Waals surface area contributed by atoms with E-state index < -0.39 is 5.41 Å². The van der Waals surface area contributed by atoms with Gasteiger partial charge in [-0.25, -0.2) is 4.39 Å². The monoisotopic (exact) mass is 250 g/mol. The van der Waals surface area contributed by atoms with Gasteiger partial charge < -0.3 is 14.6 Å². The van der Waals surface area contributed by atoms with Gasteiger partial charge in [-0.1, -0.05) is 12.1 Å². The molecule has 3 nitrogen and oxygen atoms in total. The molecule has 0 saturated heterocycles. The summed E-state index contributed by atoms with van der Waals surface area (Å²) in [6.45, 7) is -0.480. The van der Waals surface area contributed by atoms with Crippen LogP contribution in [-0.4, -0.2) is 23.4 Å². The molecule has 0 unspecified atom stereocenters. The maximum Gasteiger partial charge on any atom is 0.123 e. The van der Waals surface area contributed by atoms with Crippen LogP contribution in [0.5, 0.6) is 0 Å². The molecule has 0 atom stereocenters. The summed E-state index contributed by atoms with van der Waals surface area (Å²) in [5.74, 6) is 0.323. The third kappa shape index (κ3) is 2.44. The Kier molecular flexibility index (Phi) is 3.79. The summed E-state index contributed by atoms with van der Waals surface area (Å²) >= 11 is 0. The lowest BCUT2D eigenvalue weighted by Crippen LogP contribution is -2.37. The molecule has 1 aromatic heterocycles. The normalized spacial score (nSPS) is 11.7. The van der Waals surface area contributed by atoms with Crippen LogP contribution >= 0.6 is 0 Å². The molecule has 96 valence electrons. The number of hydrogen-bond acceptors (Lipinski definition) is 3. The zero-order chi connectivity index (χ0) is 13.0. The van der Waals surface area contributed by atoms with E-state index in [1.54, 1.807) is 30.5 Å². The molecule has 0 radical (unpaired) electrons. The molecular formula is C14H15FO3. The van der Waals surface area contributed by atoms with Crippen molar-refractivity contribution in [2.75, 3.05) is 13.2 Å². The second kappa shape index (κ2) is 5.33. The number of hydrogen-bond donors (Lipinski definition) is 2. The van der Waals surface area contributed by atoms with Crippen molar-refractivity contribution < 1.29 is 19.0 Å². The van der Waals surface area contributed by atoms with Crippen molar-refractivity contribution in [2.24, 2.45) is 0 Å². The lowest BCUT2D eigenvalue weighted by molar-refractivity contribution is 0.111. The highest BCUT2D eigenvalue weighted by Gasteiger charge is 2.32. The van der Waals surface area contributed by atoms with Gasteiger partial charge in [-0.2, -0.15) is 0 Å². The van der Waals surface area contributed by atoms with Crippen LogP contribution < -0.4 is 0 Å². The highest BCUT2D eigenvalue weighted by atomic mass is 19.1. The van der Waals surface area contributed by atoms with Gasteiger partial charge in [0.25, 0.3) is 0 Å². The van der Waals surface area contributed by atoms with Gasteiger partial charge in [0.15, 0.2) is 0 Å². The van der Waals surface area contributed by atoms with E-state index in [4.69, 9.17) is 4.42 Å². The Labute approximate surface area is 104 Å². The summed E-state index contributed by atoms with van der Waals surface area (Å²) in [5, 5.41) is 19.2. The molecule has 0 aliphatic carbocycles. The van der Waals surface area contributed by atoms with Crippen LogP contribution in [0.15, 0.2) is 47.1 Å². The van der Waals surface area contributed by atoms with E-state index in [1.165, 1.54) is 12.1 Å². The summed E-state index contributed by atoms with van der Waals surface area (Å²) in [7, 11) is 0. The second-order valence-electron chi connectivity index (χ2n) is 4.36. The fourth-order valence-electron chi connectivity index (χ4n) is 2.00. The second-order valence-corrected chi connectivity index (χ2v) is 4.36. The minimum Gasteiger partial charge on any atom is -0.469 e. The predicted octanol–water partition coefficient (Wildman–Crippen LogP) is 1.88. The molecule has 0 bridgehead atoms. The first-order valence-corrected chi connectivity index (χ1v) is 5.70. The lowest BCUT2D eigenvalue weighted by Gasteiger charge is -2.29. The third-order valence-corrected chi connectivity index (χ3v) is 3.15. The van der Waals surface area contributed by atoms with Crippen molar-refractivity contribution in [1.29, 1.82) is 0 Å². The molecule has 0 saturated carbocycles. The Morgan fingerprint density at radius 1 is 1.06 bits per heavy atom. The molecule has 0 aliphatic rings. The number of benzene rings is 1. The first-order chi connectivity index (χ1) is 8.70. The van der Waals surface area contributed by atoms with Crippen LogP contribution in [0.1, 0.15) is 11.3 Å². The molecule has 0 spiro atoms. The number of aliphatic hydroxyl groups is 2. The molecular weight excluding hydrogens is 235 g/mol. The number of furan rings is 1. The van der Waals surface area contributed by atoms with Gasteiger partial charge >= 0.3 is 0 Å². The molecule has 2 N–H and O–H groups in total. The van der Waals surface area contributed by atoms with Crippen molar-refractivity contribution >= 4 is 0 Å². The Balaban J connectivity index is 2.33. The first-order valence-electron chi connectivity index (χ1n) is 5.70. The minimum absolute atomic E-state index is 0.240. The van der Waals surface area contributed by atoms with Gasteiger partial charge in [0.05, 0.1) is 19.5 Å². The van der Waals surface area contributed by atoms with E-state index in [0.29, 0.717) is 17.7 Å². The van der Waals surface area contributed by atoms with Gasteiger partial charge in [0.1, 0.15) is 11.6 Å². The van der Waals surface area contributed by atoms with Gasteiger partial charge in [-0.15, -0.1) is 0 Å². The molecule has 1 heterocycles. The van der Waals surface area contributed by atoms with Gasteiger partial charge in [-0.05, 0) is 29.8 Å². The Morgan fingerprint density at radius 2 is 1.72 bits per heavy atom. The number of halogens is 1. The molecule has 0 fully saturated rings. The average Bonchev–Trinajstić information content (AvgIpc) is 2.90. The Hall–Kier alpha value is -1.65. The molecule has 0 aliphatic heterocycles. The fraction of sp³-hybridized carbons (Fsp3) is 0.286. The van der Waals surface area contributed by atoms with Crippen LogP contribution in [0, 0.1) is 5.82 Å². The van der Waals surface area contributed by atoms with Crippen molar-refractivity contribution in [2.45, 2.75) is 11.8 Å². The largest absolute Gasteiger partial charge is 0.469 e.